The van der Waals surface area contributed by atoms with Crippen LogP contribution < -0.4 is 15.2 Å². The van der Waals surface area contributed by atoms with Crippen molar-refractivity contribution < 1.29 is 17.9 Å². The van der Waals surface area contributed by atoms with E-state index in [1.807, 2.05) is 30.0 Å². The molecule has 10 heteroatoms. The third-order valence-electron chi connectivity index (χ3n) is 5.76. The van der Waals surface area contributed by atoms with Crippen LogP contribution in [0.15, 0.2) is 76.6 Å². The van der Waals surface area contributed by atoms with Crippen LogP contribution in [-0.2, 0) is 14.8 Å². The van der Waals surface area contributed by atoms with E-state index in [0.717, 1.165) is 0 Å². The first-order valence-electron chi connectivity index (χ1n) is 11.7. The third-order valence-corrected chi connectivity index (χ3v) is 7.67. The lowest BCUT2D eigenvalue weighted by Gasteiger charge is -2.35. The average Bonchev–Trinajstić information content (AvgIpc) is 2.90. The highest BCUT2D eigenvalue weighted by atomic mass is 32.2. The van der Waals surface area contributed by atoms with Crippen LogP contribution in [0.2, 0.25) is 0 Å². The molecule has 1 aliphatic rings. The number of benzene rings is 2. The Morgan fingerprint density at radius 2 is 1.57 bits per heavy atom. The van der Waals surface area contributed by atoms with Gasteiger partial charge >= 0.3 is 5.56 Å². The van der Waals surface area contributed by atoms with Crippen molar-refractivity contribution in [3.63, 3.8) is 0 Å². The molecule has 2 aromatic carbocycles. The molecule has 1 fully saturated rings. The first-order chi connectivity index (χ1) is 17.0. The number of anilines is 1. The quantitative estimate of drug-likeness (QED) is 0.397. The Morgan fingerprint density at radius 1 is 0.914 bits per heavy atom. The summed E-state index contributed by atoms with van der Waals surface area (Å²) in [4.78, 5) is 15.6. The molecule has 3 aromatic rings. The number of para-hydroxylation sites is 1. The van der Waals surface area contributed by atoms with E-state index in [4.69, 9.17) is 9.47 Å². The van der Waals surface area contributed by atoms with Crippen molar-refractivity contribution in [2.45, 2.75) is 18.2 Å². The van der Waals surface area contributed by atoms with Gasteiger partial charge in [-0.1, -0.05) is 36.4 Å². The van der Waals surface area contributed by atoms with E-state index in [9.17, 15) is 13.2 Å². The predicted molar refractivity (Wildman–Crippen MR) is 134 cm³/mol. The largest absolute Gasteiger partial charge is 0.486 e. The van der Waals surface area contributed by atoms with Crippen molar-refractivity contribution in [1.82, 2.24) is 14.1 Å². The minimum absolute atomic E-state index is 0.208. The van der Waals surface area contributed by atoms with Crippen molar-refractivity contribution >= 4 is 15.7 Å². The molecular formula is C25H30N4O5S. The number of hydrogen-bond acceptors (Lipinski definition) is 7. The maximum Gasteiger partial charge on any atom is 0.316 e. The molecule has 0 radical (unpaired) electrons. The van der Waals surface area contributed by atoms with Crippen molar-refractivity contribution in [3.8, 4) is 11.4 Å². The molecule has 35 heavy (non-hydrogen) atoms. The number of sulfonamides is 1. The Bertz CT molecular complexity index is 1260. The number of hydrogen-bond donors (Lipinski definition) is 0. The van der Waals surface area contributed by atoms with Crippen LogP contribution in [0, 0.1) is 0 Å². The van der Waals surface area contributed by atoms with E-state index in [2.05, 4.69) is 5.10 Å². The Labute approximate surface area is 205 Å². The molecule has 9 nitrogen and oxygen atoms in total. The third kappa shape index (κ3) is 5.72. The average molecular weight is 499 g/mol. The van der Waals surface area contributed by atoms with E-state index in [0.29, 0.717) is 63.8 Å². The van der Waals surface area contributed by atoms with Crippen LogP contribution >= 0.6 is 0 Å². The maximum absolute atomic E-state index is 13.4. The first-order valence-corrected chi connectivity index (χ1v) is 13.1. The van der Waals surface area contributed by atoms with Gasteiger partial charge < -0.3 is 14.4 Å². The monoisotopic (exact) mass is 498 g/mol. The van der Waals surface area contributed by atoms with Crippen LogP contribution in [0.4, 0.5) is 5.69 Å². The Morgan fingerprint density at radius 3 is 2.23 bits per heavy atom. The van der Waals surface area contributed by atoms with Gasteiger partial charge in [-0.3, -0.25) is 4.79 Å². The molecule has 0 bridgehead atoms. The van der Waals surface area contributed by atoms with Gasteiger partial charge in [-0.05, 0) is 31.2 Å². The van der Waals surface area contributed by atoms with E-state index >= 15 is 0 Å². The SMILES string of the molecule is CCOCCCOc1c(N2CCN(S(=O)(=O)c3ccccc3)CC2)cnn(-c2ccccc2)c1=O. The minimum Gasteiger partial charge on any atom is -0.486 e. The van der Waals surface area contributed by atoms with Gasteiger partial charge in [0, 0.05) is 45.8 Å². The molecule has 2 heterocycles. The van der Waals surface area contributed by atoms with Crippen LogP contribution in [0.25, 0.3) is 5.69 Å². The highest BCUT2D eigenvalue weighted by molar-refractivity contribution is 7.89. The Kier molecular flexibility index (Phi) is 8.17. The van der Waals surface area contributed by atoms with E-state index in [-0.39, 0.29) is 16.2 Å². The Hall–Kier alpha value is -3.21. The molecule has 0 atom stereocenters. The second kappa shape index (κ2) is 11.5. The summed E-state index contributed by atoms with van der Waals surface area (Å²) < 4.78 is 40.1. The van der Waals surface area contributed by atoms with Gasteiger partial charge in [-0.15, -0.1) is 0 Å². The lowest BCUT2D eigenvalue weighted by Crippen LogP contribution is -2.49. The fourth-order valence-corrected chi connectivity index (χ4v) is 5.38. The summed E-state index contributed by atoms with van der Waals surface area (Å²) in [6.45, 7) is 4.83. The summed E-state index contributed by atoms with van der Waals surface area (Å²) in [5.74, 6) is 0.208. The molecule has 0 aliphatic carbocycles. The molecular weight excluding hydrogens is 468 g/mol. The maximum atomic E-state index is 13.4. The van der Waals surface area contributed by atoms with Gasteiger partial charge in [-0.25, -0.2) is 8.42 Å². The van der Waals surface area contributed by atoms with E-state index < -0.39 is 10.0 Å². The fourth-order valence-electron chi connectivity index (χ4n) is 3.93. The molecule has 4 rings (SSSR count). The Balaban J connectivity index is 1.55. The summed E-state index contributed by atoms with van der Waals surface area (Å²) in [6.07, 6.45) is 2.26. The highest BCUT2D eigenvalue weighted by Gasteiger charge is 2.30. The van der Waals surface area contributed by atoms with Gasteiger partial charge in [0.15, 0.2) is 0 Å². The smallest absolute Gasteiger partial charge is 0.316 e. The molecule has 0 amide bonds. The normalized spacial score (nSPS) is 14.7. The van der Waals surface area contributed by atoms with Crippen molar-refractivity contribution in [2.24, 2.45) is 0 Å². The summed E-state index contributed by atoms with van der Waals surface area (Å²) in [5, 5.41) is 4.38. The number of nitrogens with zero attached hydrogens (tertiary/aromatic N) is 4. The zero-order valence-electron chi connectivity index (χ0n) is 19.7. The molecule has 1 saturated heterocycles. The number of ether oxygens (including phenoxy) is 2. The minimum atomic E-state index is -3.57. The molecule has 0 N–H and O–H groups in total. The number of piperazine rings is 1. The van der Waals surface area contributed by atoms with Crippen molar-refractivity contribution in [1.29, 1.82) is 0 Å². The summed E-state index contributed by atoms with van der Waals surface area (Å²) in [6, 6.07) is 17.6. The van der Waals surface area contributed by atoms with Gasteiger partial charge in [0.25, 0.3) is 0 Å². The second-order valence-corrected chi connectivity index (χ2v) is 9.95. The molecule has 0 saturated carbocycles. The van der Waals surface area contributed by atoms with Crippen LogP contribution in [-0.4, -0.2) is 68.5 Å². The van der Waals surface area contributed by atoms with Crippen molar-refractivity contribution in [3.05, 3.63) is 77.2 Å². The standard InChI is InChI=1S/C25H30N4O5S/c1-2-33-18-9-19-34-24-23(20-26-29(25(24)30)21-10-5-3-6-11-21)27-14-16-28(17-15-27)35(31,32)22-12-7-4-8-13-22/h3-8,10-13,20H,2,9,14-19H2,1H3. The van der Waals surface area contributed by atoms with E-state index in [1.54, 1.807) is 48.7 Å². The summed E-state index contributed by atoms with van der Waals surface area (Å²) >= 11 is 0. The van der Waals surface area contributed by atoms with Crippen LogP contribution in [0.3, 0.4) is 0 Å². The lowest BCUT2D eigenvalue weighted by atomic mass is 10.3. The van der Waals surface area contributed by atoms with Crippen molar-refractivity contribution in [2.75, 3.05) is 50.9 Å². The van der Waals surface area contributed by atoms with Gasteiger partial charge in [-0.2, -0.15) is 14.1 Å². The molecule has 186 valence electrons. The van der Waals surface area contributed by atoms with E-state index in [1.165, 1.54) is 8.99 Å². The lowest BCUT2D eigenvalue weighted by molar-refractivity contribution is 0.130. The second-order valence-electron chi connectivity index (χ2n) is 8.01. The van der Waals surface area contributed by atoms with Gasteiger partial charge in [0.1, 0.15) is 5.69 Å². The number of aromatic nitrogens is 2. The van der Waals surface area contributed by atoms with Crippen LogP contribution in [0.1, 0.15) is 13.3 Å². The van der Waals surface area contributed by atoms with Crippen LogP contribution in [0.5, 0.6) is 5.75 Å². The predicted octanol–water partition coefficient (Wildman–Crippen LogP) is 2.55. The van der Waals surface area contributed by atoms with Gasteiger partial charge in [0.05, 0.1) is 23.4 Å². The number of rotatable bonds is 10. The fraction of sp³-hybridized carbons (Fsp3) is 0.360. The zero-order valence-corrected chi connectivity index (χ0v) is 20.6. The summed E-state index contributed by atoms with van der Waals surface area (Å²) in [5.41, 5.74) is 0.849. The highest BCUT2D eigenvalue weighted by Crippen LogP contribution is 2.27. The zero-order chi connectivity index (χ0) is 24.7. The molecule has 0 unspecified atom stereocenters. The topological polar surface area (TPSA) is 94.0 Å². The van der Waals surface area contributed by atoms with Gasteiger partial charge in [0.2, 0.25) is 15.8 Å². The molecule has 1 aromatic heterocycles. The molecule has 1 aliphatic heterocycles. The molecule has 0 spiro atoms. The first kappa shape index (κ1) is 24.9. The summed E-state index contributed by atoms with van der Waals surface area (Å²) in [7, 11) is -3.57.